The quantitative estimate of drug-likeness (QED) is 0.701. The van der Waals surface area contributed by atoms with E-state index in [4.69, 9.17) is 11.6 Å². The van der Waals surface area contributed by atoms with Crippen molar-refractivity contribution in [2.45, 2.75) is 37.6 Å². The van der Waals surface area contributed by atoms with Crippen molar-refractivity contribution in [2.75, 3.05) is 19.0 Å². The molecular formula is C24H27ClN6O. The van der Waals surface area contributed by atoms with Crippen LogP contribution in [0.2, 0.25) is 0 Å². The van der Waals surface area contributed by atoms with Gasteiger partial charge in [0.2, 0.25) is 0 Å². The molecule has 0 aromatic heterocycles. The Bertz CT molecular complexity index is 1070. The van der Waals surface area contributed by atoms with Gasteiger partial charge in [-0.25, -0.2) is 4.99 Å². The second-order valence-electron chi connectivity index (χ2n) is 8.52. The predicted octanol–water partition coefficient (Wildman–Crippen LogP) is 2.65. The number of amides is 1. The SMILES string of the molecule is CN1C=C(Cl)N2c3ccccc3CCC(NC(=O)C3N=C(Cc4ccccc4)NN3C)C12. The van der Waals surface area contributed by atoms with Crippen molar-refractivity contribution in [3.63, 3.8) is 0 Å². The van der Waals surface area contributed by atoms with E-state index in [1.54, 1.807) is 5.01 Å². The fourth-order valence-corrected chi connectivity index (χ4v) is 5.14. The molecule has 0 saturated carbocycles. The van der Waals surface area contributed by atoms with Crippen molar-refractivity contribution in [3.05, 3.63) is 77.1 Å². The highest BCUT2D eigenvalue weighted by Crippen LogP contribution is 2.38. The fraction of sp³-hybridized carbons (Fsp3) is 0.333. The summed E-state index contributed by atoms with van der Waals surface area (Å²) in [5.74, 6) is 0.673. The summed E-state index contributed by atoms with van der Waals surface area (Å²) in [6.45, 7) is 0. The summed E-state index contributed by atoms with van der Waals surface area (Å²) >= 11 is 6.62. The zero-order valence-corrected chi connectivity index (χ0v) is 19.0. The number of anilines is 1. The third-order valence-electron chi connectivity index (χ3n) is 6.28. The molecule has 3 unspecified atom stereocenters. The molecule has 1 amide bonds. The molecule has 3 heterocycles. The maximum absolute atomic E-state index is 13.3. The van der Waals surface area contributed by atoms with Gasteiger partial charge in [-0.15, -0.1) is 0 Å². The van der Waals surface area contributed by atoms with Crippen LogP contribution in [-0.2, 0) is 17.6 Å². The lowest BCUT2D eigenvalue weighted by Crippen LogP contribution is -2.57. The number of amidine groups is 1. The molecule has 32 heavy (non-hydrogen) atoms. The minimum absolute atomic E-state index is 0.0810. The van der Waals surface area contributed by atoms with Crippen LogP contribution in [0.3, 0.4) is 0 Å². The molecular weight excluding hydrogens is 424 g/mol. The summed E-state index contributed by atoms with van der Waals surface area (Å²) in [5.41, 5.74) is 6.72. The number of likely N-dealkylation sites (N-methyl/N-ethyl adjacent to an activating group) is 2. The number of aliphatic imine (C=N–C) groups is 1. The maximum Gasteiger partial charge on any atom is 0.261 e. The third kappa shape index (κ3) is 3.82. The molecule has 0 saturated heterocycles. The van der Waals surface area contributed by atoms with Crippen LogP contribution in [0.25, 0.3) is 0 Å². The average molecular weight is 451 g/mol. The molecule has 5 rings (SSSR count). The summed E-state index contributed by atoms with van der Waals surface area (Å²) < 4.78 is 0. The maximum atomic E-state index is 13.3. The highest BCUT2D eigenvalue weighted by atomic mass is 35.5. The molecule has 7 nitrogen and oxygen atoms in total. The van der Waals surface area contributed by atoms with Gasteiger partial charge in [0.15, 0.2) is 6.17 Å². The molecule has 0 aliphatic carbocycles. The molecule has 2 N–H and O–H groups in total. The molecule has 0 radical (unpaired) electrons. The molecule has 3 aliphatic heterocycles. The first-order valence-corrected chi connectivity index (χ1v) is 11.3. The first-order valence-electron chi connectivity index (χ1n) is 10.9. The van der Waals surface area contributed by atoms with E-state index >= 15 is 0 Å². The van der Waals surface area contributed by atoms with E-state index in [9.17, 15) is 4.79 Å². The largest absolute Gasteiger partial charge is 0.356 e. The Morgan fingerprint density at radius 2 is 1.91 bits per heavy atom. The lowest BCUT2D eigenvalue weighted by Gasteiger charge is -2.36. The number of benzene rings is 2. The van der Waals surface area contributed by atoms with Crippen LogP contribution < -0.4 is 15.6 Å². The van der Waals surface area contributed by atoms with Gasteiger partial charge in [-0.05, 0) is 30.0 Å². The number of halogens is 1. The number of hydrogen-bond donors (Lipinski definition) is 2. The summed E-state index contributed by atoms with van der Waals surface area (Å²) in [6, 6.07) is 18.3. The Labute approximate surface area is 193 Å². The fourth-order valence-electron chi connectivity index (χ4n) is 4.79. The molecule has 0 bridgehead atoms. The Morgan fingerprint density at radius 3 is 2.72 bits per heavy atom. The number of fused-ring (bicyclic) bond motifs is 3. The van der Waals surface area contributed by atoms with Crippen LogP contribution >= 0.6 is 11.6 Å². The Balaban J connectivity index is 1.34. The molecule has 3 aliphatic rings. The van der Waals surface area contributed by atoms with Crippen molar-refractivity contribution in [1.29, 1.82) is 0 Å². The summed E-state index contributed by atoms with van der Waals surface area (Å²) in [7, 11) is 3.85. The second-order valence-corrected chi connectivity index (χ2v) is 8.91. The van der Waals surface area contributed by atoms with Crippen molar-refractivity contribution in [2.24, 2.45) is 4.99 Å². The summed E-state index contributed by atoms with van der Waals surface area (Å²) in [4.78, 5) is 22.2. The highest BCUT2D eigenvalue weighted by molar-refractivity contribution is 6.31. The van der Waals surface area contributed by atoms with Crippen LogP contribution in [0.5, 0.6) is 0 Å². The second kappa shape index (κ2) is 8.48. The van der Waals surface area contributed by atoms with E-state index in [-0.39, 0.29) is 18.1 Å². The van der Waals surface area contributed by atoms with Crippen LogP contribution in [0.1, 0.15) is 17.5 Å². The van der Waals surface area contributed by atoms with Gasteiger partial charge in [-0.3, -0.25) is 4.79 Å². The standard InChI is InChI=1S/C24H27ClN6O/c1-29-15-20(25)31-19-11-7-6-10-17(19)12-13-18(24(29)31)26-23(32)22-27-21(28-30(22)2)14-16-8-4-3-5-9-16/h3-11,15,18,22,24H,12-14H2,1-2H3,(H,26,32)(H,27,28). The number of para-hydroxylation sites is 1. The topological polar surface area (TPSA) is 63.2 Å². The third-order valence-corrected chi connectivity index (χ3v) is 6.56. The van der Waals surface area contributed by atoms with E-state index in [0.29, 0.717) is 11.6 Å². The van der Waals surface area contributed by atoms with Crippen LogP contribution in [0, 0.1) is 0 Å². The van der Waals surface area contributed by atoms with Gasteiger partial charge in [0.1, 0.15) is 17.2 Å². The van der Waals surface area contributed by atoms with Gasteiger partial charge in [0.05, 0.1) is 6.04 Å². The lowest BCUT2D eigenvalue weighted by atomic mass is 10.0. The highest BCUT2D eigenvalue weighted by Gasteiger charge is 2.41. The lowest BCUT2D eigenvalue weighted by molar-refractivity contribution is -0.126. The number of hydrazine groups is 1. The van der Waals surface area contributed by atoms with Gasteiger partial charge >= 0.3 is 0 Å². The number of nitrogens with one attached hydrogen (secondary N) is 2. The van der Waals surface area contributed by atoms with E-state index in [0.717, 1.165) is 29.9 Å². The monoisotopic (exact) mass is 450 g/mol. The Kier molecular flexibility index (Phi) is 5.53. The molecule has 0 spiro atoms. The van der Waals surface area contributed by atoms with Crippen molar-refractivity contribution >= 4 is 29.0 Å². The summed E-state index contributed by atoms with van der Waals surface area (Å²) in [6.07, 6.45) is 3.58. The first kappa shape index (κ1) is 20.8. The van der Waals surface area contributed by atoms with E-state index in [1.165, 1.54) is 5.56 Å². The number of carbonyl (C=O) groups excluding carboxylic acids is 1. The number of nitrogens with zero attached hydrogens (tertiary/aromatic N) is 4. The van der Waals surface area contributed by atoms with Gasteiger partial charge in [0, 0.05) is 32.4 Å². The number of aryl methyl sites for hydroxylation is 1. The van der Waals surface area contributed by atoms with Crippen molar-refractivity contribution in [1.82, 2.24) is 20.7 Å². The molecule has 0 fully saturated rings. The van der Waals surface area contributed by atoms with Gasteiger partial charge in [0.25, 0.3) is 5.91 Å². The van der Waals surface area contributed by atoms with Crippen LogP contribution in [-0.4, -0.2) is 54.1 Å². The average Bonchev–Trinajstić information content (AvgIpc) is 3.23. The predicted molar refractivity (Wildman–Crippen MR) is 127 cm³/mol. The summed E-state index contributed by atoms with van der Waals surface area (Å²) in [5, 5.41) is 5.70. The number of rotatable bonds is 4. The zero-order chi connectivity index (χ0) is 22.2. The first-order chi connectivity index (χ1) is 15.5. The minimum atomic E-state index is -0.608. The minimum Gasteiger partial charge on any atom is -0.356 e. The van der Waals surface area contributed by atoms with Gasteiger partial charge in [-0.2, -0.15) is 5.01 Å². The molecule has 166 valence electrons. The Morgan fingerprint density at radius 1 is 1.16 bits per heavy atom. The zero-order valence-electron chi connectivity index (χ0n) is 18.2. The molecule has 2 aromatic rings. The Hall–Kier alpha value is -3.03. The van der Waals surface area contributed by atoms with E-state index < -0.39 is 6.17 Å². The normalized spacial score (nSPS) is 24.8. The van der Waals surface area contributed by atoms with E-state index in [1.807, 2.05) is 50.6 Å². The number of hydrogen-bond acceptors (Lipinski definition) is 6. The van der Waals surface area contributed by atoms with Gasteiger partial charge in [-0.1, -0.05) is 60.1 Å². The smallest absolute Gasteiger partial charge is 0.261 e. The van der Waals surface area contributed by atoms with Crippen LogP contribution in [0.15, 0.2) is 70.9 Å². The molecule has 2 aromatic carbocycles. The molecule has 8 heteroatoms. The van der Waals surface area contributed by atoms with Crippen molar-refractivity contribution < 1.29 is 4.79 Å². The van der Waals surface area contributed by atoms with Crippen molar-refractivity contribution in [3.8, 4) is 0 Å². The van der Waals surface area contributed by atoms with Crippen LogP contribution in [0.4, 0.5) is 5.69 Å². The molecule has 3 atom stereocenters. The van der Waals surface area contributed by atoms with E-state index in [2.05, 4.69) is 49.8 Å². The number of carbonyl (C=O) groups is 1. The van der Waals surface area contributed by atoms with Gasteiger partial charge < -0.3 is 20.5 Å².